The first-order valence-electron chi connectivity index (χ1n) is 9.63. The Bertz CT molecular complexity index is 753. The SMILES string of the molecule is COCCOc1ccc(CN2CCNCC2c2ccccc2OC)cc1OC. The molecule has 1 heterocycles. The fourth-order valence-electron chi connectivity index (χ4n) is 3.58. The molecule has 1 unspecified atom stereocenters. The minimum atomic E-state index is 0.258. The lowest BCUT2D eigenvalue weighted by atomic mass is 10.0. The highest BCUT2D eigenvalue weighted by molar-refractivity contribution is 5.43. The van der Waals surface area contributed by atoms with Crippen molar-refractivity contribution in [2.24, 2.45) is 0 Å². The number of rotatable bonds is 9. The van der Waals surface area contributed by atoms with Crippen LogP contribution in [0.25, 0.3) is 0 Å². The van der Waals surface area contributed by atoms with E-state index in [2.05, 4.69) is 34.5 Å². The number of hydrogen-bond acceptors (Lipinski definition) is 6. The third kappa shape index (κ3) is 4.95. The number of piperazine rings is 1. The van der Waals surface area contributed by atoms with E-state index in [9.17, 15) is 0 Å². The molecular formula is C22H30N2O4. The Kier molecular flexibility index (Phi) is 7.54. The minimum absolute atomic E-state index is 0.258. The van der Waals surface area contributed by atoms with E-state index in [0.29, 0.717) is 13.2 Å². The van der Waals surface area contributed by atoms with Gasteiger partial charge in [0.2, 0.25) is 0 Å². The normalized spacial score (nSPS) is 17.3. The lowest BCUT2D eigenvalue weighted by Crippen LogP contribution is -2.45. The van der Waals surface area contributed by atoms with Crippen LogP contribution in [0.5, 0.6) is 17.2 Å². The van der Waals surface area contributed by atoms with Crippen LogP contribution in [-0.4, -0.2) is 59.1 Å². The van der Waals surface area contributed by atoms with E-state index in [1.807, 2.05) is 18.2 Å². The number of ether oxygens (including phenoxy) is 4. The maximum atomic E-state index is 5.74. The predicted octanol–water partition coefficient (Wildman–Crippen LogP) is 2.88. The van der Waals surface area contributed by atoms with Gasteiger partial charge in [-0.1, -0.05) is 24.3 Å². The second-order valence-electron chi connectivity index (χ2n) is 6.76. The van der Waals surface area contributed by atoms with Crippen LogP contribution in [0.3, 0.4) is 0 Å². The molecule has 1 aliphatic heterocycles. The predicted molar refractivity (Wildman–Crippen MR) is 109 cm³/mol. The second kappa shape index (κ2) is 10.3. The van der Waals surface area contributed by atoms with Crippen LogP contribution in [0.4, 0.5) is 0 Å². The van der Waals surface area contributed by atoms with Crippen LogP contribution in [-0.2, 0) is 11.3 Å². The first-order chi connectivity index (χ1) is 13.8. The number of hydrogen-bond donors (Lipinski definition) is 1. The summed E-state index contributed by atoms with van der Waals surface area (Å²) in [6, 6.07) is 14.7. The van der Waals surface area contributed by atoms with Crippen molar-refractivity contribution >= 4 is 0 Å². The minimum Gasteiger partial charge on any atom is -0.496 e. The molecule has 2 aromatic carbocycles. The zero-order chi connectivity index (χ0) is 19.8. The van der Waals surface area contributed by atoms with Gasteiger partial charge in [-0.05, 0) is 23.8 Å². The van der Waals surface area contributed by atoms with E-state index in [-0.39, 0.29) is 6.04 Å². The molecular weight excluding hydrogens is 356 g/mol. The van der Waals surface area contributed by atoms with E-state index in [0.717, 1.165) is 43.4 Å². The summed E-state index contributed by atoms with van der Waals surface area (Å²) in [5.74, 6) is 2.42. The average molecular weight is 386 g/mol. The van der Waals surface area contributed by atoms with Crippen LogP contribution >= 0.6 is 0 Å². The molecule has 152 valence electrons. The summed E-state index contributed by atoms with van der Waals surface area (Å²) >= 11 is 0. The highest BCUT2D eigenvalue weighted by Crippen LogP contribution is 2.33. The van der Waals surface area contributed by atoms with Crippen LogP contribution in [0.15, 0.2) is 42.5 Å². The summed E-state index contributed by atoms with van der Waals surface area (Å²) in [5, 5.41) is 3.51. The molecule has 3 rings (SSSR count). The number of benzene rings is 2. The van der Waals surface area contributed by atoms with Crippen molar-refractivity contribution in [2.75, 3.05) is 54.2 Å². The summed E-state index contributed by atoms with van der Waals surface area (Å²) in [7, 11) is 5.06. The van der Waals surface area contributed by atoms with E-state index < -0.39 is 0 Å². The molecule has 6 heteroatoms. The topological polar surface area (TPSA) is 52.2 Å². The number of nitrogens with zero attached hydrogens (tertiary/aromatic N) is 1. The van der Waals surface area contributed by atoms with Crippen molar-refractivity contribution < 1.29 is 18.9 Å². The van der Waals surface area contributed by atoms with Gasteiger partial charge in [0.15, 0.2) is 11.5 Å². The fraction of sp³-hybridized carbons (Fsp3) is 0.455. The monoisotopic (exact) mass is 386 g/mol. The van der Waals surface area contributed by atoms with Crippen molar-refractivity contribution in [1.29, 1.82) is 0 Å². The summed E-state index contributed by atoms with van der Waals surface area (Å²) in [5.41, 5.74) is 2.40. The van der Waals surface area contributed by atoms with E-state index in [1.165, 1.54) is 11.1 Å². The Morgan fingerprint density at radius 2 is 1.79 bits per heavy atom. The van der Waals surface area contributed by atoms with Gasteiger partial charge in [-0.15, -0.1) is 0 Å². The first kappa shape index (κ1) is 20.5. The van der Waals surface area contributed by atoms with Crippen LogP contribution < -0.4 is 19.5 Å². The molecule has 1 aliphatic rings. The average Bonchev–Trinajstić information content (AvgIpc) is 2.75. The van der Waals surface area contributed by atoms with E-state index >= 15 is 0 Å². The fourth-order valence-corrected chi connectivity index (χ4v) is 3.58. The highest BCUT2D eigenvalue weighted by atomic mass is 16.5. The zero-order valence-electron chi connectivity index (χ0n) is 16.9. The van der Waals surface area contributed by atoms with Crippen molar-refractivity contribution in [3.05, 3.63) is 53.6 Å². The molecule has 1 fully saturated rings. The van der Waals surface area contributed by atoms with Gasteiger partial charge in [0.05, 0.1) is 26.9 Å². The van der Waals surface area contributed by atoms with Crippen molar-refractivity contribution in [1.82, 2.24) is 10.2 Å². The van der Waals surface area contributed by atoms with Crippen molar-refractivity contribution in [2.45, 2.75) is 12.6 Å². The molecule has 1 N–H and O–H groups in total. The Morgan fingerprint density at radius 1 is 0.964 bits per heavy atom. The maximum Gasteiger partial charge on any atom is 0.161 e. The molecule has 6 nitrogen and oxygen atoms in total. The lowest BCUT2D eigenvalue weighted by Gasteiger charge is -2.37. The summed E-state index contributed by atoms with van der Waals surface area (Å²) in [6.07, 6.45) is 0. The Labute approximate surface area is 167 Å². The van der Waals surface area contributed by atoms with Crippen LogP contribution in [0, 0.1) is 0 Å². The highest BCUT2D eigenvalue weighted by Gasteiger charge is 2.26. The van der Waals surface area contributed by atoms with E-state index in [4.69, 9.17) is 18.9 Å². The summed E-state index contributed by atoms with van der Waals surface area (Å²) < 4.78 is 21.9. The molecule has 0 spiro atoms. The van der Waals surface area contributed by atoms with Gasteiger partial charge in [-0.25, -0.2) is 0 Å². The van der Waals surface area contributed by atoms with Gasteiger partial charge >= 0.3 is 0 Å². The molecule has 0 radical (unpaired) electrons. The van der Waals surface area contributed by atoms with Gasteiger partial charge in [0.25, 0.3) is 0 Å². The molecule has 0 aromatic heterocycles. The molecule has 28 heavy (non-hydrogen) atoms. The smallest absolute Gasteiger partial charge is 0.161 e. The van der Waals surface area contributed by atoms with Gasteiger partial charge in [-0.2, -0.15) is 0 Å². The third-order valence-corrected chi connectivity index (χ3v) is 5.01. The van der Waals surface area contributed by atoms with Crippen molar-refractivity contribution in [3.8, 4) is 17.2 Å². The Balaban J connectivity index is 1.76. The molecule has 0 saturated carbocycles. The van der Waals surface area contributed by atoms with Gasteiger partial charge < -0.3 is 24.3 Å². The standard InChI is InChI=1S/C22H30N2O4/c1-25-12-13-28-21-9-8-17(14-22(21)27-3)16-24-11-10-23-15-19(24)18-6-4-5-7-20(18)26-2/h4-9,14,19,23H,10-13,15-16H2,1-3H3. The molecule has 0 aliphatic carbocycles. The molecule has 1 saturated heterocycles. The first-order valence-corrected chi connectivity index (χ1v) is 9.63. The van der Waals surface area contributed by atoms with Gasteiger partial charge in [0.1, 0.15) is 12.4 Å². The zero-order valence-corrected chi connectivity index (χ0v) is 16.9. The third-order valence-electron chi connectivity index (χ3n) is 5.01. The Morgan fingerprint density at radius 3 is 2.57 bits per heavy atom. The number of para-hydroxylation sites is 1. The van der Waals surface area contributed by atoms with E-state index in [1.54, 1.807) is 21.3 Å². The number of methoxy groups -OCH3 is 3. The van der Waals surface area contributed by atoms with Crippen molar-refractivity contribution in [3.63, 3.8) is 0 Å². The molecule has 0 amide bonds. The summed E-state index contributed by atoms with van der Waals surface area (Å²) in [6.45, 7) is 4.72. The molecule has 2 aromatic rings. The van der Waals surface area contributed by atoms with Gasteiger partial charge in [0, 0.05) is 38.9 Å². The lowest BCUT2D eigenvalue weighted by molar-refractivity contribution is 0.143. The quantitative estimate of drug-likeness (QED) is 0.669. The molecule has 0 bridgehead atoms. The summed E-state index contributed by atoms with van der Waals surface area (Å²) in [4.78, 5) is 2.48. The largest absolute Gasteiger partial charge is 0.496 e. The van der Waals surface area contributed by atoms with Gasteiger partial charge in [-0.3, -0.25) is 4.90 Å². The molecule has 1 atom stereocenters. The maximum absolute atomic E-state index is 5.74. The van der Waals surface area contributed by atoms with Crippen LogP contribution in [0.2, 0.25) is 0 Å². The second-order valence-corrected chi connectivity index (χ2v) is 6.76. The Hall–Kier alpha value is -2.28. The number of nitrogens with one attached hydrogen (secondary N) is 1. The van der Waals surface area contributed by atoms with Crippen LogP contribution in [0.1, 0.15) is 17.2 Å².